The fraction of sp³-hybridized carbons (Fsp3) is 0.111. The van der Waals surface area contributed by atoms with Crippen molar-refractivity contribution in [3.63, 3.8) is 0 Å². The van der Waals surface area contributed by atoms with Gasteiger partial charge in [-0.15, -0.1) is 0 Å². The van der Waals surface area contributed by atoms with Gasteiger partial charge in [-0.3, -0.25) is 9.59 Å². The first-order valence-electron chi connectivity index (χ1n) is 3.41. The Kier molecular flexibility index (Phi) is 2.33. The molecular formula is C9H7FO2. The minimum absolute atomic E-state index is 0.215. The fourth-order valence-electron chi connectivity index (χ4n) is 0.866. The maximum atomic E-state index is 12.7. The number of ketones is 1. The molecule has 0 saturated carbocycles. The van der Waals surface area contributed by atoms with Crippen molar-refractivity contribution in [2.24, 2.45) is 0 Å². The normalized spacial score (nSPS) is 9.50. The molecule has 0 unspecified atom stereocenters. The standard InChI is InChI=1S/C9H7FO2/c1-6-4-7(9(12)5-11)2-3-8(6)10/h2-5H,1H3. The van der Waals surface area contributed by atoms with Gasteiger partial charge in [0.25, 0.3) is 0 Å². The second-order valence-electron chi connectivity index (χ2n) is 2.45. The Labute approximate surface area is 69.0 Å². The number of carbonyl (C=O) groups excluding carboxylic acids is 2. The summed E-state index contributed by atoms with van der Waals surface area (Å²) in [7, 11) is 0. The second kappa shape index (κ2) is 3.26. The zero-order valence-corrected chi connectivity index (χ0v) is 6.50. The number of aldehydes is 1. The predicted octanol–water partition coefficient (Wildman–Crippen LogP) is 1.52. The third-order valence-electron chi connectivity index (χ3n) is 1.55. The van der Waals surface area contributed by atoms with E-state index in [2.05, 4.69) is 0 Å². The van der Waals surface area contributed by atoms with Gasteiger partial charge in [0.2, 0.25) is 5.78 Å². The third-order valence-corrected chi connectivity index (χ3v) is 1.55. The average molecular weight is 166 g/mol. The van der Waals surface area contributed by atoms with Gasteiger partial charge in [-0.2, -0.15) is 0 Å². The van der Waals surface area contributed by atoms with Crippen LogP contribution < -0.4 is 0 Å². The molecule has 0 saturated heterocycles. The Balaban J connectivity index is 3.13. The van der Waals surface area contributed by atoms with Crippen molar-refractivity contribution in [3.05, 3.63) is 35.1 Å². The van der Waals surface area contributed by atoms with Gasteiger partial charge in [-0.05, 0) is 30.7 Å². The second-order valence-corrected chi connectivity index (χ2v) is 2.45. The highest BCUT2D eigenvalue weighted by atomic mass is 19.1. The molecule has 0 aliphatic heterocycles. The number of rotatable bonds is 2. The monoisotopic (exact) mass is 166 g/mol. The molecule has 2 nitrogen and oxygen atoms in total. The quantitative estimate of drug-likeness (QED) is 0.379. The SMILES string of the molecule is Cc1cc(C(=O)C=O)ccc1F. The van der Waals surface area contributed by atoms with Gasteiger partial charge in [0.15, 0.2) is 6.29 Å². The summed E-state index contributed by atoms with van der Waals surface area (Å²) in [6.45, 7) is 1.54. The predicted molar refractivity (Wildman–Crippen MR) is 41.5 cm³/mol. The minimum atomic E-state index is -0.627. The van der Waals surface area contributed by atoms with Crippen LogP contribution in [0.25, 0.3) is 0 Å². The van der Waals surface area contributed by atoms with E-state index in [0.29, 0.717) is 5.56 Å². The number of carbonyl (C=O) groups is 2. The molecule has 1 rings (SSSR count). The van der Waals surface area contributed by atoms with Crippen LogP contribution in [0.4, 0.5) is 4.39 Å². The van der Waals surface area contributed by atoms with Crippen LogP contribution in [0.5, 0.6) is 0 Å². The first kappa shape index (κ1) is 8.59. The van der Waals surface area contributed by atoms with E-state index in [-0.39, 0.29) is 17.7 Å². The van der Waals surface area contributed by atoms with Gasteiger partial charge in [0.1, 0.15) is 5.82 Å². The third kappa shape index (κ3) is 1.56. The van der Waals surface area contributed by atoms with Crippen molar-refractivity contribution >= 4 is 12.1 Å². The molecule has 1 aromatic carbocycles. The van der Waals surface area contributed by atoms with E-state index in [0.717, 1.165) is 0 Å². The van der Waals surface area contributed by atoms with Crippen molar-refractivity contribution < 1.29 is 14.0 Å². The van der Waals surface area contributed by atoms with Crippen molar-refractivity contribution in [1.82, 2.24) is 0 Å². The summed E-state index contributed by atoms with van der Waals surface area (Å²) in [5, 5.41) is 0. The lowest BCUT2D eigenvalue weighted by Crippen LogP contribution is -2.00. The van der Waals surface area contributed by atoms with Gasteiger partial charge >= 0.3 is 0 Å². The van der Waals surface area contributed by atoms with Gasteiger partial charge in [0, 0.05) is 5.56 Å². The Morgan fingerprint density at radius 1 is 1.50 bits per heavy atom. The molecule has 0 aliphatic carbocycles. The fourth-order valence-corrected chi connectivity index (χ4v) is 0.866. The van der Waals surface area contributed by atoms with Crippen LogP contribution in [0.15, 0.2) is 18.2 Å². The molecule has 0 radical (unpaired) electrons. The van der Waals surface area contributed by atoms with Crippen molar-refractivity contribution in [3.8, 4) is 0 Å². The number of benzene rings is 1. The first-order chi connectivity index (χ1) is 5.65. The molecule has 12 heavy (non-hydrogen) atoms. The van der Waals surface area contributed by atoms with Gasteiger partial charge in [-0.1, -0.05) is 0 Å². The lowest BCUT2D eigenvalue weighted by Gasteiger charge is -1.97. The van der Waals surface area contributed by atoms with Gasteiger partial charge in [0.05, 0.1) is 0 Å². The average Bonchev–Trinajstić information content (AvgIpc) is 2.08. The van der Waals surface area contributed by atoms with E-state index in [9.17, 15) is 14.0 Å². The Hall–Kier alpha value is -1.51. The summed E-state index contributed by atoms with van der Waals surface area (Å²) >= 11 is 0. The molecule has 0 fully saturated rings. The van der Waals surface area contributed by atoms with Crippen molar-refractivity contribution in [2.45, 2.75) is 6.92 Å². The van der Waals surface area contributed by atoms with E-state index >= 15 is 0 Å². The lowest BCUT2D eigenvalue weighted by atomic mass is 10.1. The topological polar surface area (TPSA) is 34.1 Å². The number of aryl methyl sites for hydroxylation is 1. The zero-order valence-electron chi connectivity index (χ0n) is 6.50. The first-order valence-corrected chi connectivity index (χ1v) is 3.41. The molecule has 0 aromatic heterocycles. The summed E-state index contributed by atoms with van der Waals surface area (Å²) in [6, 6.07) is 3.82. The summed E-state index contributed by atoms with van der Waals surface area (Å²) in [5.74, 6) is -1.00. The molecule has 0 aliphatic rings. The summed E-state index contributed by atoms with van der Waals surface area (Å²) < 4.78 is 12.7. The van der Waals surface area contributed by atoms with Crippen LogP contribution in [0.3, 0.4) is 0 Å². The van der Waals surface area contributed by atoms with E-state index in [1.807, 2.05) is 0 Å². The van der Waals surface area contributed by atoms with Gasteiger partial charge < -0.3 is 0 Å². The molecule has 0 N–H and O–H groups in total. The Morgan fingerprint density at radius 3 is 2.67 bits per heavy atom. The van der Waals surface area contributed by atoms with Crippen LogP contribution in [-0.2, 0) is 4.79 Å². The van der Waals surface area contributed by atoms with Crippen molar-refractivity contribution in [2.75, 3.05) is 0 Å². The Morgan fingerprint density at radius 2 is 2.17 bits per heavy atom. The Bertz CT molecular complexity index is 331. The number of halogens is 1. The minimum Gasteiger partial charge on any atom is -0.294 e. The van der Waals surface area contributed by atoms with E-state index in [4.69, 9.17) is 0 Å². The van der Waals surface area contributed by atoms with Crippen LogP contribution in [-0.4, -0.2) is 12.1 Å². The number of hydrogen-bond donors (Lipinski definition) is 0. The molecule has 3 heteroatoms. The highest BCUT2D eigenvalue weighted by Gasteiger charge is 2.05. The maximum Gasteiger partial charge on any atom is 0.225 e. The largest absolute Gasteiger partial charge is 0.294 e. The van der Waals surface area contributed by atoms with Crippen LogP contribution in [0, 0.1) is 12.7 Å². The van der Waals surface area contributed by atoms with Gasteiger partial charge in [-0.25, -0.2) is 4.39 Å². The molecule has 0 amide bonds. The maximum absolute atomic E-state index is 12.7. The molecule has 0 spiro atoms. The van der Waals surface area contributed by atoms with E-state index in [1.165, 1.54) is 25.1 Å². The van der Waals surface area contributed by atoms with Crippen LogP contribution in [0.1, 0.15) is 15.9 Å². The summed E-state index contributed by atoms with van der Waals surface area (Å²) in [5.41, 5.74) is 0.589. The molecule has 0 heterocycles. The molecular weight excluding hydrogens is 159 g/mol. The summed E-state index contributed by atoms with van der Waals surface area (Å²) in [4.78, 5) is 20.8. The smallest absolute Gasteiger partial charge is 0.225 e. The zero-order chi connectivity index (χ0) is 9.14. The molecule has 62 valence electrons. The summed E-state index contributed by atoms with van der Waals surface area (Å²) in [6.07, 6.45) is 0.215. The lowest BCUT2D eigenvalue weighted by molar-refractivity contribution is -0.104. The van der Waals surface area contributed by atoms with Crippen LogP contribution in [0.2, 0.25) is 0 Å². The van der Waals surface area contributed by atoms with Crippen LogP contribution >= 0.6 is 0 Å². The highest BCUT2D eigenvalue weighted by Crippen LogP contribution is 2.08. The molecule has 0 bridgehead atoms. The van der Waals surface area contributed by atoms with E-state index < -0.39 is 5.78 Å². The highest BCUT2D eigenvalue weighted by molar-refractivity contribution is 6.33. The van der Waals surface area contributed by atoms with E-state index in [1.54, 1.807) is 0 Å². The number of hydrogen-bond acceptors (Lipinski definition) is 2. The molecule has 0 atom stereocenters. The number of Topliss-reactive ketones (excluding diaryl/α,β-unsaturated/α-hetero) is 1. The van der Waals surface area contributed by atoms with Crippen molar-refractivity contribution in [1.29, 1.82) is 0 Å². The molecule has 1 aromatic rings.